The van der Waals surface area contributed by atoms with Crippen LogP contribution >= 0.6 is 0 Å². The van der Waals surface area contributed by atoms with Crippen LogP contribution in [0.2, 0.25) is 0 Å². The summed E-state index contributed by atoms with van der Waals surface area (Å²) in [4.78, 5) is 18.0. The molecule has 0 radical (unpaired) electrons. The minimum Gasteiger partial charge on any atom is -0.444 e. The number of hydrogen-bond donors (Lipinski definition) is 0. The summed E-state index contributed by atoms with van der Waals surface area (Å²) in [5, 5.41) is 0. The number of allylic oxidation sites excluding steroid dienone is 1. The summed E-state index contributed by atoms with van der Waals surface area (Å²) in [6.07, 6.45) is 6.84. The van der Waals surface area contributed by atoms with Crippen LogP contribution in [0.1, 0.15) is 40.2 Å². The highest BCUT2D eigenvalue weighted by molar-refractivity contribution is 5.71. The predicted octanol–water partition coefficient (Wildman–Crippen LogP) is 3.99. The van der Waals surface area contributed by atoms with Crippen LogP contribution in [0.25, 0.3) is 5.57 Å². The lowest BCUT2D eigenvalue weighted by atomic mass is 9.99. The van der Waals surface area contributed by atoms with Crippen LogP contribution in [-0.4, -0.2) is 34.7 Å². The Hall–Kier alpha value is -1.84. The smallest absolute Gasteiger partial charge is 0.410 e. The van der Waals surface area contributed by atoms with Gasteiger partial charge in [0, 0.05) is 25.5 Å². The highest BCUT2D eigenvalue weighted by Crippen LogP contribution is 2.41. The van der Waals surface area contributed by atoms with Crippen LogP contribution < -0.4 is 0 Å². The second-order valence-electron chi connectivity index (χ2n) is 6.94. The number of rotatable bonds is 1. The fourth-order valence-electron chi connectivity index (χ4n) is 3.17. The molecule has 2 atom stereocenters. The van der Waals surface area contributed by atoms with E-state index in [-0.39, 0.29) is 13.5 Å². The van der Waals surface area contributed by atoms with Gasteiger partial charge in [-0.3, -0.25) is 4.98 Å². The number of likely N-dealkylation sites (tertiary alicyclic amines) is 1. The number of carbonyl (C=O) groups excluding carboxylic acids is 1. The van der Waals surface area contributed by atoms with Gasteiger partial charge in [0.15, 0.2) is 0 Å². The third-order valence-electron chi connectivity index (χ3n) is 4.09. The molecule has 4 heteroatoms. The molecule has 1 aromatic heterocycles. The molecule has 0 aromatic carbocycles. The van der Waals surface area contributed by atoms with Crippen LogP contribution in [0, 0.1) is 11.8 Å². The maximum Gasteiger partial charge on any atom is 0.410 e. The summed E-state index contributed by atoms with van der Waals surface area (Å²) in [6.45, 7) is 7.29. The molecule has 2 heterocycles. The molecule has 1 aromatic rings. The Labute approximate surface area is 133 Å². The number of pyridine rings is 1. The maximum atomic E-state index is 12.1. The van der Waals surface area contributed by atoms with Gasteiger partial charge < -0.3 is 9.64 Å². The lowest BCUT2D eigenvalue weighted by molar-refractivity contribution is 0.0285. The van der Waals surface area contributed by atoms with Gasteiger partial charge in [-0.05, 0) is 62.3 Å². The van der Waals surface area contributed by atoms with E-state index in [2.05, 4.69) is 23.2 Å². The summed E-state index contributed by atoms with van der Waals surface area (Å²) in [5.74, 6) is 0.987. The summed E-state index contributed by atoms with van der Waals surface area (Å²) < 4.78 is 5.46. The number of ether oxygens (including phenoxy) is 1. The largest absolute Gasteiger partial charge is 0.444 e. The molecule has 2 unspecified atom stereocenters. The van der Waals surface area contributed by atoms with Crippen LogP contribution in [0.3, 0.4) is 0 Å². The second-order valence-corrected chi connectivity index (χ2v) is 6.94. The number of hydrogen-bond acceptors (Lipinski definition) is 3. The first-order valence-corrected chi connectivity index (χ1v) is 7.51. The Morgan fingerprint density at radius 1 is 1.27 bits per heavy atom. The van der Waals surface area contributed by atoms with Gasteiger partial charge in [-0.2, -0.15) is 0 Å². The zero-order chi connectivity index (χ0) is 15.0. The Morgan fingerprint density at radius 3 is 2.55 bits per heavy atom. The first-order chi connectivity index (χ1) is 9.92. The fraction of sp³-hybridized carbons (Fsp3) is 0.556. The van der Waals surface area contributed by atoms with Crippen molar-refractivity contribution in [2.45, 2.75) is 40.2 Å². The van der Waals surface area contributed by atoms with Gasteiger partial charge in [0.05, 0.1) is 0 Å². The van der Waals surface area contributed by atoms with E-state index in [4.69, 9.17) is 4.74 Å². The van der Waals surface area contributed by atoms with Gasteiger partial charge in [0.25, 0.3) is 0 Å². The van der Waals surface area contributed by atoms with Crippen molar-refractivity contribution in [3.63, 3.8) is 0 Å². The molecule has 1 aliphatic heterocycles. The Balaban J connectivity index is 0.00000176. The van der Waals surface area contributed by atoms with Crippen molar-refractivity contribution in [2.75, 3.05) is 13.1 Å². The van der Waals surface area contributed by atoms with Crippen molar-refractivity contribution in [1.82, 2.24) is 9.88 Å². The Kier molecular flexibility index (Phi) is 4.59. The van der Waals surface area contributed by atoms with Crippen LogP contribution in [0.15, 0.2) is 30.6 Å². The van der Waals surface area contributed by atoms with E-state index >= 15 is 0 Å². The van der Waals surface area contributed by atoms with Crippen LogP contribution in [0.5, 0.6) is 0 Å². The van der Waals surface area contributed by atoms with E-state index in [9.17, 15) is 4.79 Å². The van der Waals surface area contributed by atoms with Gasteiger partial charge in [0.2, 0.25) is 0 Å². The molecular formula is C18H26N2O2. The van der Waals surface area contributed by atoms with Gasteiger partial charge in [-0.25, -0.2) is 4.79 Å². The monoisotopic (exact) mass is 302 g/mol. The second kappa shape index (κ2) is 6.11. The standard InChI is InChI=1S/C17H22N2O2.CH4/c1-17(2,3)21-16(20)19-10-14-8-13(9-15(14)11-19)12-4-6-18-7-5-12;/h4-8,14-15H,9-11H2,1-3H3;1H4. The summed E-state index contributed by atoms with van der Waals surface area (Å²) in [7, 11) is 0. The molecule has 1 fully saturated rings. The SMILES string of the molecule is C.CC(C)(C)OC(=O)N1CC2C=C(c3ccncc3)CC2C1. The average molecular weight is 302 g/mol. The average Bonchev–Trinajstić information content (AvgIpc) is 2.95. The molecule has 1 aliphatic carbocycles. The highest BCUT2D eigenvalue weighted by Gasteiger charge is 2.39. The highest BCUT2D eigenvalue weighted by atomic mass is 16.6. The van der Waals surface area contributed by atoms with Gasteiger partial charge in [-0.1, -0.05) is 13.5 Å². The van der Waals surface area contributed by atoms with E-state index in [1.54, 1.807) is 0 Å². The van der Waals surface area contributed by atoms with Crippen LogP contribution in [0.4, 0.5) is 4.79 Å². The minimum atomic E-state index is -0.424. The first kappa shape index (κ1) is 16.5. The molecule has 0 spiro atoms. The predicted molar refractivity (Wildman–Crippen MR) is 88.3 cm³/mol. The third kappa shape index (κ3) is 3.49. The summed E-state index contributed by atoms with van der Waals surface area (Å²) in [5.41, 5.74) is 2.21. The van der Waals surface area contributed by atoms with Crippen molar-refractivity contribution in [3.8, 4) is 0 Å². The molecule has 22 heavy (non-hydrogen) atoms. The van der Waals surface area contributed by atoms with Crippen molar-refractivity contribution >= 4 is 11.7 Å². The van der Waals surface area contributed by atoms with Crippen molar-refractivity contribution < 1.29 is 9.53 Å². The summed E-state index contributed by atoms with van der Waals surface area (Å²) in [6, 6.07) is 4.11. The number of amides is 1. The van der Waals surface area contributed by atoms with Crippen molar-refractivity contribution in [3.05, 3.63) is 36.2 Å². The Morgan fingerprint density at radius 2 is 1.95 bits per heavy atom. The molecule has 0 N–H and O–H groups in total. The topological polar surface area (TPSA) is 42.4 Å². The van der Waals surface area contributed by atoms with Crippen molar-refractivity contribution in [1.29, 1.82) is 0 Å². The zero-order valence-corrected chi connectivity index (χ0v) is 12.9. The zero-order valence-electron chi connectivity index (χ0n) is 12.9. The van der Waals surface area contributed by atoms with E-state index < -0.39 is 5.60 Å². The quantitative estimate of drug-likeness (QED) is 0.788. The normalized spacial score (nSPS) is 23.6. The van der Waals surface area contributed by atoms with E-state index in [0.29, 0.717) is 11.8 Å². The number of aromatic nitrogens is 1. The lowest BCUT2D eigenvalue weighted by Gasteiger charge is -2.24. The fourth-order valence-corrected chi connectivity index (χ4v) is 3.17. The van der Waals surface area contributed by atoms with E-state index in [1.165, 1.54) is 11.1 Å². The molecule has 1 amide bonds. The molecule has 3 rings (SSSR count). The molecular weight excluding hydrogens is 276 g/mol. The minimum absolute atomic E-state index is 0. The van der Waals surface area contributed by atoms with Gasteiger partial charge in [-0.15, -0.1) is 0 Å². The number of nitrogens with zero attached hydrogens (tertiary/aromatic N) is 2. The third-order valence-corrected chi connectivity index (χ3v) is 4.09. The van der Waals surface area contributed by atoms with E-state index in [1.807, 2.05) is 38.1 Å². The molecule has 4 nitrogen and oxygen atoms in total. The van der Waals surface area contributed by atoms with Crippen molar-refractivity contribution in [2.24, 2.45) is 11.8 Å². The lowest BCUT2D eigenvalue weighted by Crippen LogP contribution is -2.35. The molecule has 120 valence electrons. The van der Waals surface area contributed by atoms with Gasteiger partial charge in [0.1, 0.15) is 5.60 Å². The number of fused-ring (bicyclic) bond motifs is 1. The number of carbonyl (C=O) groups is 1. The maximum absolute atomic E-state index is 12.1. The molecule has 1 saturated heterocycles. The molecule has 0 bridgehead atoms. The van der Waals surface area contributed by atoms with Gasteiger partial charge >= 0.3 is 6.09 Å². The summed E-state index contributed by atoms with van der Waals surface area (Å²) >= 11 is 0. The molecule has 2 aliphatic rings. The van der Waals surface area contributed by atoms with Crippen LogP contribution in [-0.2, 0) is 4.74 Å². The Bertz CT molecular complexity index is 560. The first-order valence-electron chi connectivity index (χ1n) is 7.51. The van der Waals surface area contributed by atoms with E-state index in [0.717, 1.165) is 19.5 Å². The molecule has 0 saturated carbocycles.